The summed E-state index contributed by atoms with van der Waals surface area (Å²) in [6, 6.07) is 0. The van der Waals surface area contributed by atoms with Crippen LogP contribution in [0.1, 0.15) is 56.4 Å². The molecule has 0 bridgehead atoms. The predicted octanol–water partition coefficient (Wildman–Crippen LogP) is 3.86. The molecular formula is C13H22N2O2S. The summed E-state index contributed by atoms with van der Waals surface area (Å²) in [4.78, 5) is 14.6. The van der Waals surface area contributed by atoms with E-state index < -0.39 is 5.97 Å². The molecule has 18 heavy (non-hydrogen) atoms. The van der Waals surface area contributed by atoms with Gasteiger partial charge in [-0.1, -0.05) is 39.5 Å². The van der Waals surface area contributed by atoms with Crippen molar-refractivity contribution >= 4 is 22.3 Å². The molecule has 4 nitrogen and oxygen atoms in total. The highest BCUT2D eigenvalue weighted by atomic mass is 32.1. The minimum absolute atomic E-state index is 0.139. The number of hydrogen-bond acceptors (Lipinski definition) is 4. The Hall–Kier alpha value is -1.10. The molecule has 0 aliphatic carbocycles. The molecule has 0 saturated heterocycles. The second kappa shape index (κ2) is 8.08. The molecule has 5 heteroatoms. The van der Waals surface area contributed by atoms with Crippen LogP contribution in [-0.4, -0.2) is 22.6 Å². The van der Waals surface area contributed by atoms with Crippen molar-refractivity contribution in [3.63, 3.8) is 0 Å². The first-order valence-electron chi connectivity index (χ1n) is 6.52. The Kier molecular flexibility index (Phi) is 6.72. The van der Waals surface area contributed by atoms with Gasteiger partial charge in [0, 0.05) is 6.54 Å². The van der Waals surface area contributed by atoms with E-state index in [1.165, 1.54) is 37.0 Å². The average Bonchev–Trinajstić information content (AvgIpc) is 2.75. The molecular weight excluding hydrogens is 248 g/mol. The highest BCUT2D eigenvalue weighted by Gasteiger charge is 2.12. The molecule has 0 unspecified atom stereocenters. The zero-order valence-corrected chi connectivity index (χ0v) is 11.9. The lowest BCUT2D eigenvalue weighted by Crippen LogP contribution is -2.06. The van der Waals surface area contributed by atoms with Crippen molar-refractivity contribution in [2.24, 2.45) is 5.92 Å². The number of nitrogens with one attached hydrogen (secondary N) is 1. The number of carboxylic acid groups (broad SMARTS) is 1. The van der Waals surface area contributed by atoms with Gasteiger partial charge in [0.05, 0.1) is 5.51 Å². The molecule has 1 aromatic rings. The van der Waals surface area contributed by atoms with Crippen LogP contribution in [0.3, 0.4) is 0 Å². The van der Waals surface area contributed by atoms with Crippen LogP contribution in [0.5, 0.6) is 0 Å². The molecule has 1 rings (SSSR count). The van der Waals surface area contributed by atoms with Gasteiger partial charge in [-0.05, 0) is 12.3 Å². The highest BCUT2D eigenvalue weighted by molar-refractivity contribution is 7.14. The number of aromatic carboxylic acids is 1. The van der Waals surface area contributed by atoms with E-state index in [1.807, 2.05) is 0 Å². The summed E-state index contributed by atoms with van der Waals surface area (Å²) >= 11 is 1.35. The summed E-state index contributed by atoms with van der Waals surface area (Å²) in [6.07, 6.45) is 6.12. The largest absolute Gasteiger partial charge is 0.476 e. The van der Waals surface area contributed by atoms with Crippen molar-refractivity contribution in [3.05, 3.63) is 11.2 Å². The summed E-state index contributed by atoms with van der Waals surface area (Å²) in [5.74, 6) is -0.172. The monoisotopic (exact) mass is 270 g/mol. The smallest absolute Gasteiger partial charge is 0.357 e. The molecule has 0 atom stereocenters. The van der Waals surface area contributed by atoms with Gasteiger partial charge in [-0.25, -0.2) is 9.78 Å². The molecule has 0 spiro atoms. The SMILES string of the molecule is CC(C)CCCCCCNc1scnc1C(=O)O. The summed E-state index contributed by atoms with van der Waals surface area (Å²) in [5, 5.41) is 12.7. The predicted molar refractivity (Wildman–Crippen MR) is 75.5 cm³/mol. The van der Waals surface area contributed by atoms with Crippen molar-refractivity contribution < 1.29 is 9.90 Å². The van der Waals surface area contributed by atoms with Crippen molar-refractivity contribution in [3.8, 4) is 0 Å². The zero-order chi connectivity index (χ0) is 13.4. The van der Waals surface area contributed by atoms with Crippen LogP contribution < -0.4 is 5.32 Å². The molecule has 1 aromatic heterocycles. The molecule has 0 fully saturated rings. The number of anilines is 1. The van der Waals surface area contributed by atoms with Gasteiger partial charge >= 0.3 is 5.97 Å². The van der Waals surface area contributed by atoms with Crippen LogP contribution in [0, 0.1) is 5.92 Å². The number of thiazole rings is 1. The fourth-order valence-corrected chi connectivity index (χ4v) is 2.46. The molecule has 102 valence electrons. The van der Waals surface area contributed by atoms with Crippen LogP contribution in [0.15, 0.2) is 5.51 Å². The third-order valence-corrected chi connectivity index (χ3v) is 3.55. The van der Waals surface area contributed by atoms with Crippen LogP contribution >= 0.6 is 11.3 Å². The standard InChI is InChI=1S/C13H22N2O2S/c1-10(2)7-5-3-4-6-8-14-12-11(13(16)17)15-9-18-12/h9-10,14H,3-8H2,1-2H3,(H,16,17). The minimum atomic E-state index is -0.962. The zero-order valence-electron chi connectivity index (χ0n) is 11.1. The van der Waals surface area contributed by atoms with E-state index in [2.05, 4.69) is 24.1 Å². The van der Waals surface area contributed by atoms with E-state index in [1.54, 1.807) is 5.51 Å². The topological polar surface area (TPSA) is 62.2 Å². The number of carbonyl (C=O) groups is 1. The van der Waals surface area contributed by atoms with Gasteiger partial charge in [-0.3, -0.25) is 0 Å². The lowest BCUT2D eigenvalue weighted by molar-refractivity contribution is 0.0692. The van der Waals surface area contributed by atoms with Gasteiger partial charge in [-0.2, -0.15) is 0 Å². The Balaban J connectivity index is 2.11. The van der Waals surface area contributed by atoms with Gasteiger partial charge in [-0.15, -0.1) is 11.3 Å². The summed E-state index contributed by atoms with van der Waals surface area (Å²) < 4.78 is 0. The van der Waals surface area contributed by atoms with E-state index >= 15 is 0 Å². The molecule has 2 N–H and O–H groups in total. The Labute approximate surface area is 112 Å². The summed E-state index contributed by atoms with van der Waals surface area (Å²) in [5.41, 5.74) is 1.70. The van der Waals surface area contributed by atoms with Crippen molar-refractivity contribution in [1.29, 1.82) is 0 Å². The van der Waals surface area contributed by atoms with E-state index in [0.717, 1.165) is 18.9 Å². The van der Waals surface area contributed by atoms with E-state index in [0.29, 0.717) is 5.00 Å². The molecule has 0 aromatic carbocycles. The fourth-order valence-electron chi connectivity index (χ4n) is 1.76. The minimum Gasteiger partial charge on any atom is -0.476 e. The van der Waals surface area contributed by atoms with Crippen molar-refractivity contribution in [1.82, 2.24) is 4.98 Å². The van der Waals surface area contributed by atoms with Crippen molar-refractivity contribution in [2.45, 2.75) is 46.0 Å². The van der Waals surface area contributed by atoms with Crippen LogP contribution in [0.4, 0.5) is 5.00 Å². The maximum absolute atomic E-state index is 10.8. The number of carboxylic acids is 1. The van der Waals surface area contributed by atoms with Gasteiger partial charge in [0.1, 0.15) is 5.00 Å². The van der Waals surface area contributed by atoms with Crippen molar-refractivity contribution in [2.75, 3.05) is 11.9 Å². The Morgan fingerprint density at radius 1 is 1.39 bits per heavy atom. The second-order valence-corrected chi connectivity index (χ2v) is 5.71. The maximum Gasteiger partial charge on any atom is 0.357 e. The molecule has 0 radical (unpaired) electrons. The summed E-state index contributed by atoms with van der Waals surface area (Å²) in [6.45, 7) is 5.32. The van der Waals surface area contributed by atoms with E-state index in [9.17, 15) is 4.79 Å². The molecule has 1 heterocycles. The molecule has 0 aliphatic heterocycles. The number of unbranched alkanes of at least 4 members (excludes halogenated alkanes) is 3. The normalized spacial score (nSPS) is 10.8. The first-order valence-corrected chi connectivity index (χ1v) is 7.40. The first-order chi connectivity index (χ1) is 8.61. The van der Waals surface area contributed by atoms with Crippen LogP contribution in [-0.2, 0) is 0 Å². The second-order valence-electron chi connectivity index (χ2n) is 4.86. The third-order valence-electron chi connectivity index (χ3n) is 2.76. The number of nitrogens with zero attached hydrogens (tertiary/aromatic N) is 1. The quantitative estimate of drug-likeness (QED) is 0.669. The summed E-state index contributed by atoms with van der Waals surface area (Å²) in [7, 11) is 0. The Morgan fingerprint density at radius 3 is 2.78 bits per heavy atom. The molecule has 0 saturated carbocycles. The molecule has 0 amide bonds. The first kappa shape index (κ1) is 15.0. The number of hydrogen-bond donors (Lipinski definition) is 2. The maximum atomic E-state index is 10.8. The van der Waals surface area contributed by atoms with Gasteiger partial charge in [0.25, 0.3) is 0 Å². The van der Waals surface area contributed by atoms with E-state index in [4.69, 9.17) is 5.11 Å². The fraction of sp³-hybridized carbons (Fsp3) is 0.692. The van der Waals surface area contributed by atoms with Crippen LogP contribution in [0.2, 0.25) is 0 Å². The molecule has 0 aliphatic rings. The highest BCUT2D eigenvalue weighted by Crippen LogP contribution is 2.20. The lowest BCUT2D eigenvalue weighted by Gasteiger charge is -2.06. The third kappa shape index (κ3) is 5.49. The average molecular weight is 270 g/mol. The van der Waals surface area contributed by atoms with E-state index in [-0.39, 0.29) is 5.69 Å². The Bertz CT molecular complexity index is 364. The van der Waals surface area contributed by atoms with Gasteiger partial charge in [0.15, 0.2) is 5.69 Å². The van der Waals surface area contributed by atoms with Gasteiger partial charge in [0.2, 0.25) is 0 Å². The van der Waals surface area contributed by atoms with Gasteiger partial charge < -0.3 is 10.4 Å². The van der Waals surface area contributed by atoms with Crippen LogP contribution in [0.25, 0.3) is 0 Å². The number of rotatable bonds is 9. The Morgan fingerprint density at radius 2 is 2.11 bits per heavy atom. The number of aromatic nitrogens is 1. The lowest BCUT2D eigenvalue weighted by atomic mass is 10.0.